The fourth-order valence-corrected chi connectivity index (χ4v) is 5.40. The van der Waals surface area contributed by atoms with Crippen LogP contribution in [0, 0.1) is 10.1 Å². The van der Waals surface area contributed by atoms with Gasteiger partial charge in [0.05, 0.1) is 41.8 Å². The van der Waals surface area contributed by atoms with E-state index in [1.54, 1.807) is 48.5 Å². The second-order valence-corrected chi connectivity index (χ2v) is 11.3. The van der Waals surface area contributed by atoms with Crippen LogP contribution >= 0.6 is 11.6 Å². The molecule has 49 heavy (non-hydrogen) atoms. The fourth-order valence-electron chi connectivity index (χ4n) is 5.21. The second kappa shape index (κ2) is 16.5. The lowest BCUT2D eigenvalue weighted by Crippen LogP contribution is -2.38. The molecule has 3 N–H and O–H groups in total. The van der Waals surface area contributed by atoms with Crippen molar-refractivity contribution in [3.63, 3.8) is 0 Å². The van der Waals surface area contributed by atoms with Crippen molar-refractivity contribution in [2.45, 2.75) is 31.5 Å². The predicted molar refractivity (Wildman–Crippen MR) is 173 cm³/mol. The van der Waals surface area contributed by atoms with Crippen molar-refractivity contribution in [2.24, 2.45) is 0 Å². The standard InChI is InChI=1S/C34H33ClF3N3O8/c1-20-28(29(23-6-4-8-25(18-23)41(45)46)30(32(43)47-2)31(40-20)34(36,37)38)33(44)49-15-13-21-9-11-26(12-10-21)48-16-14-39-19-27(42)22-5-3-7-24(35)17-22/h3-12,17-18,27,29,39-40,42H,13-16,19H2,1-2H3. The molecule has 0 saturated carbocycles. The van der Waals surface area contributed by atoms with Gasteiger partial charge in [-0.15, -0.1) is 0 Å². The molecule has 2 atom stereocenters. The zero-order valence-corrected chi connectivity index (χ0v) is 27.1. The van der Waals surface area contributed by atoms with E-state index in [4.69, 9.17) is 21.1 Å². The average Bonchev–Trinajstić information content (AvgIpc) is 3.07. The van der Waals surface area contributed by atoms with Crippen LogP contribution in [0.5, 0.6) is 5.75 Å². The van der Waals surface area contributed by atoms with Crippen LogP contribution in [0.25, 0.3) is 0 Å². The van der Waals surface area contributed by atoms with Crippen LogP contribution in [-0.2, 0) is 25.5 Å². The van der Waals surface area contributed by atoms with Gasteiger partial charge in [-0.2, -0.15) is 13.2 Å². The molecule has 1 heterocycles. The first kappa shape index (κ1) is 36.9. The molecule has 0 aromatic heterocycles. The SMILES string of the molecule is COC(=O)C1=C(C(F)(F)F)NC(C)=C(C(=O)OCCc2ccc(OCCNCC(O)c3cccc(Cl)c3)cc2)C1c1cccc([N+](=O)[O-])c1. The number of aliphatic hydroxyl groups excluding tert-OH is 1. The molecule has 1 aliphatic rings. The van der Waals surface area contributed by atoms with Crippen molar-refractivity contribution >= 4 is 29.2 Å². The van der Waals surface area contributed by atoms with E-state index in [1.165, 1.54) is 19.1 Å². The van der Waals surface area contributed by atoms with Crippen LogP contribution < -0.4 is 15.4 Å². The first-order valence-corrected chi connectivity index (χ1v) is 15.3. The molecule has 0 spiro atoms. The zero-order valence-electron chi connectivity index (χ0n) is 26.4. The van der Waals surface area contributed by atoms with Crippen molar-refractivity contribution in [3.8, 4) is 5.75 Å². The van der Waals surface area contributed by atoms with Crippen LogP contribution in [0.2, 0.25) is 5.02 Å². The van der Waals surface area contributed by atoms with E-state index in [9.17, 15) is 38.0 Å². The Bertz CT molecular complexity index is 1740. The van der Waals surface area contributed by atoms with E-state index in [2.05, 4.69) is 15.4 Å². The highest BCUT2D eigenvalue weighted by Gasteiger charge is 2.47. The normalized spacial score (nSPS) is 15.4. The Labute approximate surface area is 284 Å². The molecule has 4 rings (SSSR count). The number of esters is 2. The minimum absolute atomic E-state index is 0.104. The number of nitro groups is 1. The Balaban J connectivity index is 1.38. The molecular weight excluding hydrogens is 671 g/mol. The largest absolute Gasteiger partial charge is 0.492 e. The maximum Gasteiger partial charge on any atom is 0.431 e. The highest BCUT2D eigenvalue weighted by Crippen LogP contribution is 2.44. The van der Waals surface area contributed by atoms with Gasteiger partial charge in [0.25, 0.3) is 5.69 Å². The highest BCUT2D eigenvalue weighted by molar-refractivity contribution is 6.30. The summed E-state index contributed by atoms with van der Waals surface area (Å²) in [6, 6.07) is 18.6. The number of carbonyl (C=O) groups is 2. The lowest BCUT2D eigenvalue weighted by atomic mass is 9.80. The maximum atomic E-state index is 14.1. The molecule has 3 aromatic carbocycles. The molecule has 0 bridgehead atoms. The number of halogens is 4. The molecule has 2 unspecified atom stereocenters. The summed E-state index contributed by atoms with van der Waals surface area (Å²) in [6.07, 6.45) is -5.54. The number of nitro benzene ring substituents is 1. The molecule has 15 heteroatoms. The van der Waals surface area contributed by atoms with Crippen molar-refractivity contribution < 1.29 is 47.0 Å². The lowest BCUT2D eigenvalue weighted by molar-refractivity contribution is -0.384. The highest BCUT2D eigenvalue weighted by atomic mass is 35.5. The number of ether oxygens (including phenoxy) is 3. The zero-order chi connectivity index (χ0) is 35.7. The number of dihydropyridines is 1. The number of non-ortho nitro benzene ring substituents is 1. The van der Waals surface area contributed by atoms with Crippen molar-refractivity contribution in [3.05, 3.63) is 127 Å². The Kier molecular flexibility index (Phi) is 12.4. The van der Waals surface area contributed by atoms with Gasteiger partial charge in [0.2, 0.25) is 0 Å². The topological polar surface area (TPSA) is 149 Å². The molecule has 0 amide bonds. The number of nitrogens with one attached hydrogen (secondary N) is 2. The molecule has 260 valence electrons. The van der Waals surface area contributed by atoms with Crippen molar-refractivity contribution in [1.82, 2.24) is 10.6 Å². The Hall–Kier alpha value is -4.92. The summed E-state index contributed by atoms with van der Waals surface area (Å²) < 4.78 is 58.1. The van der Waals surface area contributed by atoms with Gasteiger partial charge >= 0.3 is 18.1 Å². The summed E-state index contributed by atoms with van der Waals surface area (Å²) in [4.78, 5) is 36.9. The van der Waals surface area contributed by atoms with E-state index >= 15 is 0 Å². The molecule has 0 fully saturated rings. The van der Waals surface area contributed by atoms with E-state index < -0.39 is 52.0 Å². The number of benzene rings is 3. The van der Waals surface area contributed by atoms with E-state index in [0.717, 1.165) is 24.8 Å². The Morgan fingerprint density at radius 3 is 2.41 bits per heavy atom. The summed E-state index contributed by atoms with van der Waals surface area (Å²) in [5.74, 6) is -3.49. The number of rotatable bonds is 14. The van der Waals surface area contributed by atoms with E-state index in [1.807, 2.05) is 0 Å². The predicted octanol–water partition coefficient (Wildman–Crippen LogP) is 5.69. The lowest BCUT2D eigenvalue weighted by Gasteiger charge is -2.31. The van der Waals surface area contributed by atoms with Gasteiger partial charge in [-0.05, 0) is 47.9 Å². The van der Waals surface area contributed by atoms with Crippen LogP contribution in [-0.4, -0.2) is 61.6 Å². The summed E-state index contributed by atoms with van der Waals surface area (Å²) >= 11 is 5.96. The minimum Gasteiger partial charge on any atom is -0.492 e. The van der Waals surface area contributed by atoms with Gasteiger partial charge in [0, 0.05) is 42.4 Å². The van der Waals surface area contributed by atoms with E-state index in [-0.39, 0.29) is 29.9 Å². The molecule has 0 aliphatic carbocycles. The van der Waals surface area contributed by atoms with Gasteiger partial charge in [-0.25, -0.2) is 9.59 Å². The molecule has 0 radical (unpaired) electrons. The molecule has 1 aliphatic heterocycles. The monoisotopic (exact) mass is 703 g/mol. The Morgan fingerprint density at radius 2 is 1.76 bits per heavy atom. The fraction of sp³-hybridized carbons (Fsp3) is 0.294. The quantitative estimate of drug-likeness (QED) is 0.0828. The number of hydrogen-bond acceptors (Lipinski definition) is 10. The third-order valence-corrected chi connectivity index (χ3v) is 7.79. The Morgan fingerprint density at radius 1 is 1.04 bits per heavy atom. The molecule has 0 saturated heterocycles. The maximum absolute atomic E-state index is 14.1. The van der Waals surface area contributed by atoms with Crippen molar-refractivity contribution in [2.75, 3.05) is 33.4 Å². The van der Waals surface area contributed by atoms with Gasteiger partial charge in [-0.3, -0.25) is 10.1 Å². The molecule has 11 nitrogen and oxygen atoms in total. The number of methoxy groups -OCH3 is 1. The summed E-state index contributed by atoms with van der Waals surface area (Å²) in [5, 5.41) is 27.5. The number of hydrogen-bond donors (Lipinski definition) is 3. The van der Waals surface area contributed by atoms with Crippen molar-refractivity contribution in [1.29, 1.82) is 0 Å². The number of alkyl halides is 3. The summed E-state index contributed by atoms with van der Waals surface area (Å²) in [6.45, 7) is 2.15. The summed E-state index contributed by atoms with van der Waals surface area (Å²) in [7, 11) is 0.889. The first-order chi connectivity index (χ1) is 23.3. The van der Waals surface area contributed by atoms with Crippen LogP contribution in [0.4, 0.5) is 18.9 Å². The number of carbonyl (C=O) groups excluding carboxylic acids is 2. The minimum atomic E-state index is -5.05. The van der Waals surface area contributed by atoms with Crippen LogP contribution in [0.1, 0.15) is 35.6 Å². The smallest absolute Gasteiger partial charge is 0.431 e. The van der Waals surface area contributed by atoms with Crippen LogP contribution in [0.15, 0.2) is 95.3 Å². The van der Waals surface area contributed by atoms with Gasteiger partial charge < -0.3 is 30.0 Å². The third-order valence-electron chi connectivity index (χ3n) is 7.55. The summed E-state index contributed by atoms with van der Waals surface area (Å²) in [5.41, 5.74) is -2.04. The second-order valence-electron chi connectivity index (χ2n) is 10.9. The van der Waals surface area contributed by atoms with Gasteiger partial charge in [-0.1, -0.05) is 48.0 Å². The number of allylic oxidation sites excluding steroid dienone is 2. The van der Waals surface area contributed by atoms with Gasteiger partial charge in [0.15, 0.2) is 0 Å². The first-order valence-electron chi connectivity index (χ1n) is 14.9. The van der Waals surface area contributed by atoms with Gasteiger partial charge in [0.1, 0.15) is 18.1 Å². The van der Waals surface area contributed by atoms with Crippen LogP contribution in [0.3, 0.4) is 0 Å². The molecule has 3 aromatic rings. The van der Waals surface area contributed by atoms with E-state index in [0.29, 0.717) is 36.0 Å². The third kappa shape index (κ3) is 9.59. The number of nitrogens with zero attached hydrogens (tertiary/aromatic N) is 1. The number of aliphatic hydroxyl groups is 1. The molecular formula is C34H33ClF3N3O8. The average molecular weight is 704 g/mol.